The Bertz CT molecular complexity index is 482. The predicted molar refractivity (Wildman–Crippen MR) is 52.5 cm³/mol. The minimum atomic E-state index is -0.562. The molecular formula is C9H9N5O2. The average molecular weight is 219 g/mol. The minimum Gasteiger partial charge on any atom is -0.463 e. The first kappa shape index (κ1) is 10.2. The van der Waals surface area contributed by atoms with Gasteiger partial charge in [-0.25, -0.2) is 24.4 Å². The number of carbonyl (C=O) groups excluding carboxylic acids is 1. The van der Waals surface area contributed by atoms with E-state index in [1.165, 1.54) is 18.1 Å². The molecule has 2 aromatic rings. The van der Waals surface area contributed by atoms with Crippen LogP contribution in [0.3, 0.4) is 0 Å². The fourth-order valence-corrected chi connectivity index (χ4v) is 1.11. The molecule has 2 aromatic heterocycles. The van der Waals surface area contributed by atoms with E-state index < -0.39 is 5.97 Å². The summed E-state index contributed by atoms with van der Waals surface area (Å²) in [5.41, 5.74) is 0. The Balaban J connectivity index is 2.12. The summed E-state index contributed by atoms with van der Waals surface area (Å²) >= 11 is 0. The van der Waals surface area contributed by atoms with Crippen LogP contribution in [0.15, 0.2) is 24.8 Å². The molecule has 0 saturated carbocycles. The maximum atomic E-state index is 11.1. The van der Waals surface area contributed by atoms with E-state index in [1.807, 2.05) is 0 Å². The summed E-state index contributed by atoms with van der Waals surface area (Å²) in [5, 5.41) is 3.93. The lowest BCUT2D eigenvalue weighted by molar-refractivity contribution is 0.0586. The molecule has 0 amide bonds. The third-order valence-electron chi connectivity index (χ3n) is 1.83. The highest BCUT2D eigenvalue weighted by Gasteiger charge is 2.11. The fraction of sp³-hybridized carbons (Fsp3) is 0.222. The van der Waals surface area contributed by atoms with Gasteiger partial charge in [0.15, 0.2) is 0 Å². The molecular weight excluding hydrogens is 210 g/mol. The van der Waals surface area contributed by atoms with Gasteiger partial charge < -0.3 is 4.74 Å². The van der Waals surface area contributed by atoms with Crippen LogP contribution in [-0.4, -0.2) is 37.8 Å². The number of carbonyl (C=O) groups is 1. The summed E-state index contributed by atoms with van der Waals surface area (Å²) in [6, 6.07) is 1.73. The van der Waals surface area contributed by atoms with Crippen molar-refractivity contribution in [2.24, 2.45) is 0 Å². The standard InChI is InChI=1S/C9H9N5O2/c1-16-9(15)8-12-6-14(13-8)5-7-10-3-2-4-11-7/h2-4,6H,5H2,1H3. The van der Waals surface area contributed by atoms with Crippen molar-refractivity contribution in [1.82, 2.24) is 24.7 Å². The van der Waals surface area contributed by atoms with Crippen molar-refractivity contribution in [3.63, 3.8) is 0 Å². The summed E-state index contributed by atoms with van der Waals surface area (Å²) in [7, 11) is 1.28. The lowest BCUT2D eigenvalue weighted by Gasteiger charge is -1.97. The SMILES string of the molecule is COC(=O)c1ncn(Cc2ncccn2)n1. The summed E-state index contributed by atoms with van der Waals surface area (Å²) in [6.07, 6.45) is 4.71. The van der Waals surface area contributed by atoms with Gasteiger partial charge in [-0.05, 0) is 6.07 Å². The van der Waals surface area contributed by atoms with Crippen LogP contribution in [0.25, 0.3) is 0 Å². The van der Waals surface area contributed by atoms with Crippen LogP contribution in [0.2, 0.25) is 0 Å². The molecule has 0 unspecified atom stereocenters. The lowest BCUT2D eigenvalue weighted by atomic mass is 10.5. The lowest BCUT2D eigenvalue weighted by Crippen LogP contribution is -2.07. The normalized spacial score (nSPS) is 10.1. The van der Waals surface area contributed by atoms with Crippen molar-refractivity contribution in [2.75, 3.05) is 7.11 Å². The van der Waals surface area contributed by atoms with Gasteiger partial charge in [0.05, 0.1) is 7.11 Å². The highest BCUT2D eigenvalue weighted by atomic mass is 16.5. The van der Waals surface area contributed by atoms with Crippen molar-refractivity contribution in [1.29, 1.82) is 0 Å². The fourth-order valence-electron chi connectivity index (χ4n) is 1.11. The topological polar surface area (TPSA) is 82.8 Å². The number of rotatable bonds is 3. The van der Waals surface area contributed by atoms with Crippen molar-refractivity contribution in [3.8, 4) is 0 Å². The molecule has 7 heteroatoms. The van der Waals surface area contributed by atoms with Gasteiger partial charge in [0.25, 0.3) is 5.82 Å². The Morgan fingerprint density at radius 2 is 2.12 bits per heavy atom. The molecule has 7 nitrogen and oxygen atoms in total. The summed E-state index contributed by atoms with van der Waals surface area (Å²) < 4.78 is 5.97. The number of methoxy groups -OCH3 is 1. The molecule has 0 atom stereocenters. The van der Waals surface area contributed by atoms with Gasteiger partial charge in [-0.15, -0.1) is 5.10 Å². The van der Waals surface area contributed by atoms with Crippen LogP contribution in [0, 0.1) is 0 Å². The van der Waals surface area contributed by atoms with E-state index in [0.717, 1.165) is 0 Å². The Morgan fingerprint density at radius 3 is 2.81 bits per heavy atom. The zero-order chi connectivity index (χ0) is 11.4. The van der Waals surface area contributed by atoms with E-state index in [2.05, 4.69) is 24.8 Å². The molecule has 0 N–H and O–H groups in total. The molecule has 0 bridgehead atoms. The van der Waals surface area contributed by atoms with Crippen LogP contribution in [0.4, 0.5) is 0 Å². The van der Waals surface area contributed by atoms with Crippen LogP contribution in [0.1, 0.15) is 16.4 Å². The largest absolute Gasteiger partial charge is 0.463 e. The van der Waals surface area contributed by atoms with Crippen molar-refractivity contribution in [2.45, 2.75) is 6.54 Å². The van der Waals surface area contributed by atoms with E-state index in [-0.39, 0.29) is 5.82 Å². The maximum absolute atomic E-state index is 11.1. The molecule has 0 radical (unpaired) electrons. The maximum Gasteiger partial charge on any atom is 0.377 e. The minimum absolute atomic E-state index is 0.0263. The van der Waals surface area contributed by atoms with E-state index in [0.29, 0.717) is 12.4 Å². The number of hydrogen-bond donors (Lipinski definition) is 0. The monoisotopic (exact) mass is 219 g/mol. The Morgan fingerprint density at radius 1 is 1.38 bits per heavy atom. The summed E-state index contributed by atoms with van der Waals surface area (Å²) in [5.74, 6) is 0.0648. The van der Waals surface area contributed by atoms with Crippen molar-refractivity contribution >= 4 is 5.97 Å². The first-order chi connectivity index (χ1) is 7.79. The number of aromatic nitrogens is 5. The molecule has 0 aliphatic carbocycles. The van der Waals surface area contributed by atoms with Crippen molar-refractivity contribution in [3.05, 3.63) is 36.4 Å². The molecule has 0 saturated heterocycles. The van der Waals surface area contributed by atoms with Gasteiger partial charge in [0.1, 0.15) is 18.7 Å². The zero-order valence-electron chi connectivity index (χ0n) is 8.57. The number of esters is 1. The van der Waals surface area contributed by atoms with Gasteiger partial charge in [-0.1, -0.05) is 0 Å². The van der Waals surface area contributed by atoms with Crippen LogP contribution in [0.5, 0.6) is 0 Å². The second-order valence-electron chi connectivity index (χ2n) is 2.92. The summed E-state index contributed by atoms with van der Waals surface area (Å²) in [6.45, 7) is 0.366. The highest BCUT2D eigenvalue weighted by molar-refractivity contribution is 5.84. The van der Waals surface area contributed by atoms with E-state index in [1.54, 1.807) is 18.5 Å². The number of nitrogens with zero attached hydrogens (tertiary/aromatic N) is 5. The molecule has 0 spiro atoms. The van der Waals surface area contributed by atoms with E-state index >= 15 is 0 Å². The molecule has 0 aromatic carbocycles. The Hall–Kier alpha value is -2.31. The third kappa shape index (κ3) is 2.19. The Labute approximate surface area is 91.1 Å². The quantitative estimate of drug-likeness (QED) is 0.670. The number of ether oxygens (including phenoxy) is 1. The average Bonchev–Trinajstić information content (AvgIpc) is 2.78. The second-order valence-corrected chi connectivity index (χ2v) is 2.92. The molecule has 82 valence electrons. The van der Waals surface area contributed by atoms with Gasteiger partial charge >= 0.3 is 5.97 Å². The third-order valence-corrected chi connectivity index (χ3v) is 1.83. The molecule has 2 rings (SSSR count). The second kappa shape index (κ2) is 4.47. The summed E-state index contributed by atoms with van der Waals surface area (Å²) in [4.78, 5) is 23.0. The predicted octanol–water partition coefficient (Wildman–Crippen LogP) is -0.0970. The molecule has 0 aliphatic heterocycles. The Kier molecular flexibility index (Phi) is 2.86. The molecule has 0 fully saturated rings. The van der Waals surface area contributed by atoms with Gasteiger partial charge in [0, 0.05) is 12.4 Å². The van der Waals surface area contributed by atoms with Gasteiger partial charge in [-0.2, -0.15) is 0 Å². The van der Waals surface area contributed by atoms with Gasteiger partial charge in [-0.3, -0.25) is 0 Å². The highest BCUT2D eigenvalue weighted by Crippen LogP contribution is 1.96. The zero-order valence-corrected chi connectivity index (χ0v) is 8.57. The number of hydrogen-bond acceptors (Lipinski definition) is 6. The van der Waals surface area contributed by atoms with Crippen molar-refractivity contribution < 1.29 is 9.53 Å². The first-order valence-electron chi connectivity index (χ1n) is 4.53. The van der Waals surface area contributed by atoms with Crippen LogP contribution < -0.4 is 0 Å². The van der Waals surface area contributed by atoms with E-state index in [4.69, 9.17) is 0 Å². The smallest absolute Gasteiger partial charge is 0.377 e. The van der Waals surface area contributed by atoms with E-state index in [9.17, 15) is 4.79 Å². The van der Waals surface area contributed by atoms with Gasteiger partial charge in [0.2, 0.25) is 0 Å². The molecule has 2 heterocycles. The van der Waals surface area contributed by atoms with Crippen LogP contribution in [-0.2, 0) is 11.3 Å². The first-order valence-corrected chi connectivity index (χ1v) is 4.53. The van der Waals surface area contributed by atoms with Crippen LogP contribution >= 0.6 is 0 Å². The molecule has 0 aliphatic rings. The molecule has 16 heavy (non-hydrogen) atoms.